The van der Waals surface area contributed by atoms with E-state index in [-0.39, 0.29) is 12.5 Å². The molecule has 0 saturated heterocycles. The number of hydrogen-bond acceptors (Lipinski definition) is 4. The minimum Gasteiger partial charge on any atom is -0.405 e. The molecule has 0 amide bonds. The monoisotopic (exact) mass is 288 g/mol. The first-order valence-electron chi connectivity index (χ1n) is 4.60. The number of ether oxygens (including phenoxy) is 1. The standard InChI is InChI=1S/C9H6F6N2O2/c10-8(11,12)5-2-17-6(3-18)4(1-16)7(5)19-9(13,14)15/h2-3H,1,16H2. The summed E-state index contributed by atoms with van der Waals surface area (Å²) in [4.78, 5) is 13.6. The molecule has 2 N–H and O–H groups in total. The zero-order valence-electron chi connectivity index (χ0n) is 8.97. The van der Waals surface area contributed by atoms with E-state index < -0.39 is 41.7 Å². The number of hydrogen-bond donors (Lipinski definition) is 1. The Labute approximate surface area is 102 Å². The zero-order valence-corrected chi connectivity index (χ0v) is 8.97. The van der Waals surface area contributed by atoms with Crippen LogP contribution in [-0.4, -0.2) is 17.6 Å². The predicted octanol–water partition coefficient (Wildman–Crippen LogP) is 2.27. The molecular formula is C9H6F6N2O2. The molecule has 0 spiro atoms. The number of pyridine rings is 1. The van der Waals surface area contributed by atoms with Gasteiger partial charge in [-0.05, 0) is 0 Å². The molecule has 0 radical (unpaired) electrons. The lowest BCUT2D eigenvalue weighted by Crippen LogP contribution is -2.23. The van der Waals surface area contributed by atoms with Gasteiger partial charge in [-0.2, -0.15) is 13.2 Å². The van der Waals surface area contributed by atoms with Crippen molar-refractivity contribution in [2.24, 2.45) is 5.73 Å². The number of rotatable bonds is 3. The maximum Gasteiger partial charge on any atom is 0.573 e. The largest absolute Gasteiger partial charge is 0.573 e. The predicted molar refractivity (Wildman–Crippen MR) is 49.2 cm³/mol. The van der Waals surface area contributed by atoms with Crippen LogP contribution in [0.2, 0.25) is 0 Å². The second-order valence-electron chi connectivity index (χ2n) is 3.23. The first-order valence-corrected chi connectivity index (χ1v) is 4.60. The van der Waals surface area contributed by atoms with Crippen LogP contribution in [0.5, 0.6) is 5.75 Å². The van der Waals surface area contributed by atoms with Gasteiger partial charge in [0.05, 0.1) is 0 Å². The number of halogens is 6. The molecule has 0 aliphatic rings. The molecule has 0 aromatic carbocycles. The van der Waals surface area contributed by atoms with Gasteiger partial charge in [-0.1, -0.05) is 0 Å². The summed E-state index contributed by atoms with van der Waals surface area (Å²) in [5.41, 5.74) is 1.88. The number of carbonyl (C=O) groups is 1. The van der Waals surface area contributed by atoms with Crippen LogP contribution < -0.4 is 10.5 Å². The van der Waals surface area contributed by atoms with Crippen LogP contribution in [0.15, 0.2) is 6.20 Å². The van der Waals surface area contributed by atoms with E-state index in [1.54, 1.807) is 0 Å². The van der Waals surface area contributed by atoms with Gasteiger partial charge >= 0.3 is 12.5 Å². The van der Waals surface area contributed by atoms with E-state index in [0.717, 1.165) is 0 Å². The lowest BCUT2D eigenvalue weighted by molar-refractivity contribution is -0.276. The van der Waals surface area contributed by atoms with Crippen LogP contribution in [0.25, 0.3) is 0 Å². The summed E-state index contributed by atoms with van der Waals surface area (Å²) in [5.74, 6) is -1.56. The quantitative estimate of drug-likeness (QED) is 0.684. The number of alkyl halides is 6. The van der Waals surface area contributed by atoms with Crippen LogP contribution in [0.4, 0.5) is 26.3 Å². The van der Waals surface area contributed by atoms with Crippen molar-refractivity contribution in [2.45, 2.75) is 19.1 Å². The molecule has 1 aromatic heterocycles. The van der Waals surface area contributed by atoms with Gasteiger partial charge in [-0.3, -0.25) is 9.78 Å². The van der Waals surface area contributed by atoms with Crippen molar-refractivity contribution < 1.29 is 35.9 Å². The zero-order chi connectivity index (χ0) is 14.8. The van der Waals surface area contributed by atoms with Crippen molar-refractivity contribution >= 4 is 6.29 Å². The molecule has 1 aromatic rings. The molecule has 10 heteroatoms. The molecule has 106 valence electrons. The maximum absolute atomic E-state index is 12.6. The maximum atomic E-state index is 12.6. The van der Waals surface area contributed by atoms with Crippen LogP contribution >= 0.6 is 0 Å². The first-order chi connectivity index (χ1) is 8.60. The first kappa shape index (κ1) is 15.2. The molecule has 0 atom stereocenters. The van der Waals surface area contributed by atoms with E-state index >= 15 is 0 Å². The Bertz CT molecular complexity index is 483. The highest BCUT2D eigenvalue weighted by molar-refractivity contribution is 5.76. The summed E-state index contributed by atoms with van der Waals surface area (Å²) < 4.78 is 77.4. The summed E-state index contributed by atoms with van der Waals surface area (Å²) in [6.45, 7) is -0.767. The van der Waals surface area contributed by atoms with E-state index in [2.05, 4.69) is 9.72 Å². The van der Waals surface area contributed by atoms with Crippen LogP contribution in [0.3, 0.4) is 0 Å². The lowest BCUT2D eigenvalue weighted by atomic mass is 10.1. The van der Waals surface area contributed by atoms with Gasteiger partial charge in [0.15, 0.2) is 6.29 Å². The lowest BCUT2D eigenvalue weighted by Gasteiger charge is -2.18. The smallest absolute Gasteiger partial charge is 0.405 e. The SMILES string of the molecule is NCc1c(C=O)ncc(C(F)(F)F)c1OC(F)(F)F. The summed E-state index contributed by atoms with van der Waals surface area (Å²) in [6, 6.07) is 0. The van der Waals surface area contributed by atoms with Gasteiger partial charge < -0.3 is 10.5 Å². The van der Waals surface area contributed by atoms with Crippen molar-refractivity contribution in [3.63, 3.8) is 0 Å². The fourth-order valence-electron chi connectivity index (χ4n) is 1.28. The molecule has 0 unspecified atom stereocenters. The van der Waals surface area contributed by atoms with Crippen molar-refractivity contribution in [2.75, 3.05) is 0 Å². The van der Waals surface area contributed by atoms with E-state index in [1.165, 1.54) is 0 Å². The molecule has 19 heavy (non-hydrogen) atoms. The molecule has 0 fully saturated rings. The van der Waals surface area contributed by atoms with Crippen LogP contribution in [0.1, 0.15) is 21.6 Å². The van der Waals surface area contributed by atoms with Gasteiger partial charge in [-0.25, -0.2) is 0 Å². The number of aromatic nitrogens is 1. The van der Waals surface area contributed by atoms with E-state index in [9.17, 15) is 31.1 Å². The molecule has 0 aliphatic carbocycles. The minimum absolute atomic E-state index is 0.00835. The summed E-state index contributed by atoms with van der Waals surface area (Å²) in [7, 11) is 0. The van der Waals surface area contributed by atoms with Gasteiger partial charge in [0.25, 0.3) is 0 Å². The Morgan fingerprint density at radius 2 is 1.84 bits per heavy atom. The minimum atomic E-state index is -5.36. The highest BCUT2D eigenvalue weighted by atomic mass is 19.4. The molecule has 1 heterocycles. The average molecular weight is 288 g/mol. The number of nitrogens with two attached hydrogens (primary N) is 1. The van der Waals surface area contributed by atoms with E-state index in [0.29, 0.717) is 0 Å². The Morgan fingerprint density at radius 3 is 2.21 bits per heavy atom. The molecule has 4 nitrogen and oxygen atoms in total. The fourth-order valence-corrected chi connectivity index (χ4v) is 1.28. The normalized spacial score (nSPS) is 12.4. The summed E-state index contributed by atoms with van der Waals surface area (Å²) >= 11 is 0. The topological polar surface area (TPSA) is 65.2 Å². The van der Waals surface area contributed by atoms with Crippen molar-refractivity contribution in [1.82, 2.24) is 4.98 Å². The van der Waals surface area contributed by atoms with E-state index in [4.69, 9.17) is 5.73 Å². The summed E-state index contributed by atoms with van der Waals surface area (Å²) in [5, 5.41) is 0. The number of aldehydes is 1. The molecule has 0 bridgehead atoms. The Hall–Kier alpha value is -1.84. The second kappa shape index (κ2) is 5.03. The Morgan fingerprint density at radius 1 is 1.26 bits per heavy atom. The van der Waals surface area contributed by atoms with Gasteiger partial charge in [0.2, 0.25) is 0 Å². The Balaban J connectivity index is 3.53. The third-order valence-electron chi connectivity index (χ3n) is 2.00. The Kier molecular flexibility index (Phi) is 4.03. The van der Waals surface area contributed by atoms with Crippen molar-refractivity contribution in [3.8, 4) is 5.75 Å². The number of nitrogens with zero attached hydrogens (tertiary/aromatic N) is 1. The number of carbonyl (C=O) groups excluding carboxylic acids is 1. The average Bonchev–Trinajstić information content (AvgIpc) is 2.24. The van der Waals surface area contributed by atoms with Gasteiger partial charge in [-0.15, -0.1) is 13.2 Å². The second-order valence-corrected chi connectivity index (χ2v) is 3.23. The van der Waals surface area contributed by atoms with Crippen molar-refractivity contribution in [1.29, 1.82) is 0 Å². The van der Waals surface area contributed by atoms with Crippen molar-refractivity contribution in [3.05, 3.63) is 23.0 Å². The van der Waals surface area contributed by atoms with Gasteiger partial charge in [0, 0.05) is 18.3 Å². The fraction of sp³-hybridized carbons (Fsp3) is 0.333. The molecule has 0 saturated carbocycles. The third kappa shape index (κ3) is 3.56. The third-order valence-corrected chi connectivity index (χ3v) is 2.00. The molecular weight excluding hydrogens is 282 g/mol. The van der Waals surface area contributed by atoms with Crippen LogP contribution in [-0.2, 0) is 12.7 Å². The van der Waals surface area contributed by atoms with Crippen LogP contribution in [0, 0.1) is 0 Å². The van der Waals surface area contributed by atoms with E-state index in [1.807, 2.05) is 0 Å². The molecule has 1 rings (SSSR count). The highest BCUT2D eigenvalue weighted by Gasteiger charge is 2.41. The van der Waals surface area contributed by atoms with Gasteiger partial charge in [0.1, 0.15) is 17.0 Å². The molecule has 0 aliphatic heterocycles. The highest BCUT2D eigenvalue weighted by Crippen LogP contribution is 2.40. The summed E-state index contributed by atoms with van der Waals surface area (Å²) in [6.07, 6.45) is -10.4.